The fourth-order valence-electron chi connectivity index (χ4n) is 1.54. The molecule has 0 bridgehead atoms. The maximum absolute atomic E-state index is 11.9. The average Bonchev–Trinajstić information content (AvgIpc) is 2.19. The zero-order valence-corrected chi connectivity index (χ0v) is 11.4. The normalized spacial score (nSPS) is 16.9. The second kappa shape index (κ2) is 7.92. The van der Waals surface area contributed by atoms with Crippen molar-refractivity contribution in [2.45, 2.75) is 32.1 Å². The van der Waals surface area contributed by atoms with Crippen LogP contribution < -0.4 is 11.1 Å². The van der Waals surface area contributed by atoms with Gasteiger partial charge >= 0.3 is 0 Å². The van der Waals surface area contributed by atoms with E-state index in [4.69, 9.17) is 10.8 Å². The summed E-state index contributed by atoms with van der Waals surface area (Å²) in [6.45, 7) is 6.31. The number of rotatable bonds is 7. The van der Waals surface area contributed by atoms with E-state index in [9.17, 15) is 4.79 Å². The Kier molecular flexibility index (Phi) is 7.80. The van der Waals surface area contributed by atoms with Crippen molar-refractivity contribution in [3.8, 4) is 0 Å². The van der Waals surface area contributed by atoms with Crippen LogP contribution in [0.25, 0.3) is 0 Å². The van der Waals surface area contributed by atoms with Crippen molar-refractivity contribution in [2.24, 2.45) is 17.6 Å². The Morgan fingerprint density at radius 2 is 2.00 bits per heavy atom. The van der Waals surface area contributed by atoms with Gasteiger partial charge in [-0.25, -0.2) is 0 Å². The number of amides is 1. The Labute approximate surface area is 102 Å². The molecule has 0 aromatic carbocycles. The minimum Gasteiger partial charge on any atom is -0.395 e. The molecule has 5 heteroatoms. The van der Waals surface area contributed by atoms with E-state index >= 15 is 0 Å². The predicted octanol–water partition coefficient (Wildman–Crippen LogP) is 0.446. The van der Waals surface area contributed by atoms with Crippen molar-refractivity contribution in [3.63, 3.8) is 0 Å². The first-order valence-corrected chi connectivity index (χ1v) is 6.90. The third-order valence-electron chi connectivity index (χ3n) is 2.81. The monoisotopic (exact) mass is 248 g/mol. The van der Waals surface area contributed by atoms with Crippen LogP contribution in [0.4, 0.5) is 0 Å². The highest BCUT2D eigenvalue weighted by Crippen LogP contribution is 2.13. The van der Waals surface area contributed by atoms with Crippen molar-refractivity contribution in [3.05, 3.63) is 0 Å². The molecule has 0 aliphatic heterocycles. The minimum atomic E-state index is -0.149. The summed E-state index contributed by atoms with van der Waals surface area (Å²) >= 11 is 1.55. The molecule has 0 aliphatic rings. The quantitative estimate of drug-likeness (QED) is 0.611. The number of thioether (sulfide) groups is 1. The van der Waals surface area contributed by atoms with Crippen LogP contribution in [0.1, 0.15) is 20.8 Å². The lowest BCUT2D eigenvalue weighted by atomic mass is 9.95. The first kappa shape index (κ1) is 15.7. The summed E-state index contributed by atoms with van der Waals surface area (Å²) in [7, 11) is 0. The van der Waals surface area contributed by atoms with E-state index in [0.717, 1.165) is 0 Å². The Balaban J connectivity index is 4.31. The molecule has 0 aromatic heterocycles. The number of carbonyl (C=O) groups is 1. The summed E-state index contributed by atoms with van der Waals surface area (Å²) in [5.41, 5.74) is 5.58. The smallest absolute Gasteiger partial charge is 0.224 e. The minimum absolute atomic E-state index is 0.0162. The van der Waals surface area contributed by atoms with Gasteiger partial charge in [0.05, 0.1) is 12.5 Å². The summed E-state index contributed by atoms with van der Waals surface area (Å²) in [5, 5.41) is 12.1. The van der Waals surface area contributed by atoms with Crippen LogP contribution in [-0.4, -0.2) is 41.7 Å². The van der Waals surface area contributed by atoms with Gasteiger partial charge in [0.1, 0.15) is 0 Å². The van der Waals surface area contributed by atoms with E-state index in [1.165, 1.54) is 0 Å². The highest BCUT2D eigenvalue weighted by atomic mass is 32.2. The number of nitrogens with two attached hydrogens (primary N) is 1. The third kappa shape index (κ3) is 4.72. The van der Waals surface area contributed by atoms with Crippen molar-refractivity contribution in [2.75, 3.05) is 19.4 Å². The number of aliphatic hydroxyl groups excluding tert-OH is 1. The summed E-state index contributed by atoms with van der Waals surface area (Å²) < 4.78 is 0. The summed E-state index contributed by atoms with van der Waals surface area (Å²) in [6, 6.07) is -0.0414. The molecule has 0 aromatic rings. The van der Waals surface area contributed by atoms with Gasteiger partial charge in [0, 0.05) is 17.8 Å². The summed E-state index contributed by atoms with van der Waals surface area (Å²) in [5.74, 6) is 0.0696. The van der Waals surface area contributed by atoms with Gasteiger partial charge in [-0.05, 0) is 19.1 Å². The van der Waals surface area contributed by atoms with Crippen molar-refractivity contribution >= 4 is 17.7 Å². The lowest BCUT2D eigenvalue weighted by Gasteiger charge is -2.25. The Morgan fingerprint density at radius 1 is 1.44 bits per heavy atom. The van der Waals surface area contributed by atoms with Gasteiger partial charge in [-0.2, -0.15) is 11.8 Å². The van der Waals surface area contributed by atoms with Gasteiger partial charge in [-0.1, -0.05) is 13.8 Å². The van der Waals surface area contributed by atoms with E-state index in [1.807, 2.05) is 27.0 Å². The van der Waals surface area contributed by atoms with E-state index in [1.54, 1.807) is 11.8 Å². The topological polar surface area (TPSA) is 75.3 Å². The molecule has 1 amide bonds. The van der Waals surface area contributed by atoms with Crippen molar-refractivity contribution in [1.29, 1.82) is 0 Å². The SMILES string of the molecule is CSC(CO)C(C)NC(=O)C(CN)C(C)C. The molecule has 0 rings (SSSR count). The Bertz CT molecular complexity index is 208. The molecule has 0 fully saturated rings. The largest absolute Gasteiger partial charge is 0.395 e. The standard InChI is InChI=1S/C11H24N2O2S/c1-7(2)9(5-12)11(15)13-8(3)10(6-14)16-4/h7-10,14H,5-6,12H2,1-4H3,(H,13,15). The first-order valence-electron chi connectivity index (χ1n) is 5.62. The van der Waals surface area contributed by atoms with Crippen molar-refractivity contribution in [1.82, 2.24) is 5.32 Å². The summed E-state index contributed by atoms with van der Waals surface area (Å²) in [4.78, 5) is 11.9. The van der Waals surface area contributed by atoms with Gasteiger partial charge < -0.3 is 16.2 Å². The van der Waals surface area contributed by atoms with E-state index in [-0.39, 0.29) is 35.6 Å². The second-order valence-corrected chi connectivity index (χ2v) is 5.42. The Morgan fingerprint density at radius 3 is 2.31 bits per heavy atom. The molecular formula is C11H24N2O2S. The molecule has 0 saturated carbocycles. The molecule has 4 N–H and O–H groups in total. The van der Waals surface area contributed by atoms with Gasteiger partial charge in [-0.15, -0.1) is 0 Å². The zero-order chi connectivity index (χ0) is 12.7. The van der Waals surface area contributed by atoms with Gasteiger partial charge in [0.2, 0.25) is 5.91 Å². The number of aliphatic hydroxyl groups is 1. The average molecular weight is 248 g/mol. The van der Waals surface area contributed by atoms with Gasteiger partial charge in [0.25, 0.3) is 0 Å². The van der Waals surface area contributed by atoms with E-state index in [0.29, 0.717) is 6.54 Å². The molecule has 0 aliphatic carbocycles. The molecular weight excluding hydrogens is 224 g/mol. The maximum atomic E-state index is 11.9. The predicted molar refractivity (Wildman–Crippen MR) is 69.4 cm³/mol. The van der Waals surface area contributed by atoms with Gasteiger partial charge in [0.15, 0.2) is 0 Å². The van der Waals surface area contributed by atoms with Crippen LogP contribution in [0.2, 0.25) is 0 Å². The van der Waals surface area contributed by atoms with Crippen LogP contribution in [-0.2, 0) is 4.79 Å². The second-order valence-electron chi connectivity index (χ2n) is 4.34. The zero-order valence-electron chi connectivity index (χ0n) is 10.6. The van der Waals surface area contributed by atoms with Crippen LogP contribution in [0, 0.1) is 11.8 Å². The molecule has 3 atom stereocenters. The number of hydrogen-bond acceptors (Lipinski definition) is 4. The number of nitrogens with one attached hydrogen (secondary N) is 1. The number of carbonyl (C=O) groups excluding carboxylic acids is 1. The molecule has 16 heavy (non-hydrogen) atoms. The van der Waals surface area contributed by atoms with Crippen LogP contribution in [0.5, 0.6) is 0 Å². The molecule has 0 heterocycles. The Hall–Kier alpha value is -0.260. The summed E-state index contributed by atoms with van der Waals surface area (Å²) in [6.07, 6.45) is 1.92. The molecule has 96 valence electrons. The van der Waals surface area contributed by atoms with Crippen molar-refractivity contribution < 1.29 is 9.90 Å². The van der Waals surface area contributed by atoms with Crippen LogP contribution in [0.15, 0.2) is 0 Å². The van der Waals surface area contributed by atoms with Crippen LogP contribution >= 0.6 is 11.8 Å². The van der Waals surface area contributed by atoms with Crippen LogP contribution in [0.3, 0.4) is 0 Å². The fourth-order valence-corrected chi connectivity index (χ4v) is 2.17. The number of hydrogen-bond donors (Lipinski definition) is 3. The van der Waals surface area contributed by atoms with Gasteiger partial charge in [-0.3, -0.25) is 4.79 Å². The maximum Gasteiger partial charge on any atom is 0.224 e. The van der Waals surface area contributed by atoms with E-state index < -0.39 is 0 Å². The molecule has 0 saturated heterocycles. The molecule has 0 spiro atoms. The van der Waals surface area contributed by atoms with E-state index in [2.05, 4.69) is 5.32 Å². The first-order chi connectivity index (χ1) is 7.47. The fraction of sp³-hybridized carbons (Fsp3) is 0.909. The lowest BCUT2D eigenvalue weighted by Crippen LogP contribution is -2.46. The third-order valence-corrected chi connectivity index (χ3v) is 3.97. The highest BCUT2D eigenvalue weighted by molar-refractivity contribution is 7.99. The lowest BCUT2D eigenvalue weighted by molar-refractivity contribution is -0.126. The molecule has 4 nitrogen and oxygen atoms in total. The molecule has 0 radical (unpaired) electrons. The highest BCUT2D eigenvalue weighted by Gasteiger charge is 2.24. The molecule has 3 unspecified atom stereocenters.